The molecule has 0 amide bonds. The van der Waals surface area contributed by atoms with Gasteiger partial charge in [0.1, 0.15) is 5.75 Å². The van der Waals surface area contributed by atoms with E-state index in [1.54, 1.807) is 19.1 Å². The Labute approximate surface area is 107 Å². The first kappa shape index (κ1) is 11.3. The summed E-state index contributed by atoms with van der Waals surface area (Å²) < 4.78 is 0. The summed E-state index contributed by atoms with van der Waals surface area (Å²) in [5.41, 5.74) is 2.98. The van der Waals surface area contributed by atoms with Gasteiger partial charge in [-0.3, -0.25) is 10.1 Å². The summed E-state index contributed by atoms with van der Waals surface area (Å²) in [6.45, 7) is 1.81. The number of non-ortho nitro benzene ring substituents is 1. The van der Waals surface area contributed by atoms with E-state index in [-0.39, 0.29) is 11.4 Å². The van der Waals surface area contributed by atoms with Crippen LogP contribution in [0.3, 0.4) is 0 Å². The second-order valence-corrected chi connectivity index (χ2v) is 4.28. The van der Waals surface area contributed by atoms with Crippen LogP contribution < -0.4 is 0 Å². The SMILES string of the molecule is Cc1cc(O)cc2nc3ccc([N+](=O)[O-])cc3nc12. The molecule has 0 unspecified atom stereocenters. The molecule has 1 aromatic heterocycles. The molecule has 0 saturated carbocycles. The van der Waals surface area contributed by atoms with Crippen molar-refractivity contribution in [3.63, 3.8) is 0 Å². The molecular formula is C13H9N3O3. The molecule has 6 nitrogen and oxygen atoms in total. The molecule has 19 heavy (non-hydrogen) atoms. The fourth-order valence-electron chi connectivity index (χ4n) is 2.03. The monoisotopic (exact) mass is 255 g/mol. The third-order valence-corrected chi connectivity index (χ3v) is 2.91. The molecule has 3 aromatic rings. The predicted octanol–water partition coefficient (Wildman–Crippen LogP) is 2.71. The Morgan fingerprint density at radius 2 is 1.89 bits per heavy atom. The minimum atomic E-state index is -0.463. The van der Waals surface area contributed by atoms with E-state index >= 15 is 0 Å². The van der Waals surface area contributed by atoms with Gasteiger partial charge < -0.3 is 5.11 Å². The summed E-state index contributed by atoms with van der Waals surface area (Å²) in [7, 11) is 0. The van der Waals surface area contributed by atoms with Crippen LogP contribution in [0, 0.1) is 17.0 Å². The molecule has 1 heterocycles. The van der Waals surface area contributed by atoms with Gasteiger partial charge in [-0.25, -0.2) is 9.97 Å². The van der Waals surface area contributed by atoms with Crippen molar-refractivity contribution >= 4 is 27.8 Å². The molecule has 0 aliphatic carbocycles. The minimum absolute atomic E-state index is 0.0161. The van der Waals surface area contributed by atoms with Crippen LogP contribution in [-0.4, -0.2) is 20.0 Å². The van der Waals surface area contributed by atoms with Crippen molar-refractivity contribution in [2.45, 2.75) is 6.92 Å². The molecule has 0 aliphatic rings. The van der Waals surface area contributed by atoms with E-state index in [1.165, 1.54) is 18.2 Å². The Bertz CT molecular complexity index is 830. The van der Waals surface area contributed by atoms with Gasteiger partial charge in [-0.15, -0.1) is 0 Å². The van der Waals surface area contributed by atoms with Crippen molar-refractivity contribution in [1.29, 1.82) is 0 Å². The number of benzene rings is 2. The Morgan fingerprint density at radius 3 is 2.63 bits per heavy atom. The molecule has 0 bridgehead atoms. The fourth-order valence-corrected chi connectivity index (χ4v) is 2.03. The Hall–Kier alpha value is -2.76. The highest BCUT2D eigenvalue weighted by atomic mass is 16.6. The predicted molar refractivity (Wildman–Crippen MR) is 70.1 cm³/mol. The van der Waals surface area contributed by atoms with E-state index < -0.39 is 4.92 Å². The molecule has 0 spiro atoms. The standard InChI is InChI=1S/C13H9N3O3/c1-7-4-9(17)6-12-13(7)15-11-5-8(16(18)19)2-3-10(11)14-12/h2-6,17H,1H3. The summed E-state index contributed by atoms with van der Waals surface area (Å²) in [6, 6.07) is 7.45. The van der Waals surface area contributed by atoms with Crippen LogP contribution in [0.4, 0.5) is 5.69 Å². The molecule has 0 atom stereocenters. The molecule has 0 saturated heterocycles. The number of aryl methyl sites for hydroxylation is 1. The zero-order valence-corrected chi connectivity index (χ0v) is 9.99. The number of nitro benzene ring substituents is 1. The van der Waals surface area contributed by atoms with Crippen molar-refractivity contribution in [2.24, 2.45) is 0 Å². The number of aromatic hydroxyl groups is 1. The molecule has 6 heteroatoms. The van der Waals surface area contributed by atoms with E-state index in [2.05, 4.69) is 9.97 Å². The van der Waals surface area contributed by atoms with Crippen LogP contribution in [0.1, 0.15) is 5.56 Å². The van der Waals surface area contributed by atoms with E-state index in [0.717, 1.165) is 5.56 Å². The van der Waals surface area contributed by atoms with Crippen LogP contribution in [-0.2, 0) is 0 Å². The van der Waals surface area contributed by atoms with Gasteiger partial charge in [0.25, 0.3) is 5.69 Å². The number of fused-ring (bicyclic) bond motifs is 2. The average Bonchev–Trinajstić information content (AvgIpc) is 2.36. The highest BCUT2D eigenvalue weighted by Gasteiger charge is 2.10. The Morgan fingerprint density at radius 1 is 1.11 bits per heavy atom. The normalized spacial score (nSPS) is 11.0. The fraction of sp³-hybridized carbons (Fsp3) is 0.0769. The number of phenolic OH excluding ortho intramolecular Hbond substituents is 1. The summed E-state index contributed by atoms with van der Waals surface area (Å²) >= 11 is 0. The first-order valence-electron chi connectivity index (χ1n) is 5.60. The second-order valence-electron chi connectivity index (χ2n) is 4.28. The zero-order chi connectivity index (χ0) is 13.6. The van der Waals surface area contributed by atoms with Gasteiger partial charge in [-0.2, -0.15) is 0 Å². The second kappa shape index (κ2) is 3.88. The van der Waals surface area contributed by atoms with Crippen LogP contribution in [0.25, 0.3) is 22.1 Å². The Balaban J connectivity index is 2.38. The van der Waals surface area contributed by atoms with Crippen LogP contribution in [0.15, 0.2) is 30.3 Å². The Kier molecular flexibility index (Phi) is 2.31. The van der Waals surface area contributed by atoms with Crippen molar-refractivity contribution in [3.8, 4) is 5.75 Å². The van der Waals surface area contributed by atoms with Crippen LogP contribution in [0.5, 0.6) is 5.75 Å². The maximum Gasteiger partial charge on any atom is 0.271 e. The lowest BCUT2D eigenvalue weighted by atomic mass is 10.1. The van der Waals surface area contributed by atoms with Crippen molar-refractivity contribution in [1.82, 2.24) is 9.97 Å². The first-order valence-corrected chi connectivity index (χ1v) is 5.60. The number of phenols is 1. The number of aromatic nitrogens is 2. The van der Waals surface area contributed by atoms with Crippen LogP contribution in [0.2, 0.25) is 0 Å². The molecule has 94 valence electrons. The lowest BCUT2D eigenvalue weighted by Gasteiger charge is -2.04. The summed E-state index contributed by atoms with van der Waals surface area (Å²) in [5, 5.41) is 20.3. The third kappa shape index (κ3) is 1.83. The highest BCUT2D eigenvalue weighted by molar-refractivity contribution is 5.89. The molecule has 1 N–H and O–H groups in total. The lowest BCUT2D eigenvalue weighted by Crippen LogP contribution is -1.92. The number of hydrogen-bond donors (Lipinski definition) is 1. The summed E-state index contributed by atoms with van der Waals surface area (Å²) in [5.74, 6) is 0.126. The van der Waals surface area contributed by atoms with Crippen molar-refractivity contribution in [2.75, 3.05) is 0 Å². The van der Waals surface area contributed by atoms with Gasteiger partial charge in [0.2, 0.25) is 0 Å². The quantitative estimate of drug-likeness (QED) is 0.410. The van der Waals surface area contributed by atoms with E-state index in [9.17, 15) is 15.2 Å². The third-order valence-electron chi connectivity index (χ3n) is 2.91. The van der Waals surface area contributed by atoms with Gasteiger partial charge >= 0.3 is 0 Å². The van der Waals surface area contributed by atoms with Gasteiger partial charge in [0.05, 0.1) is 27.0 Å². The number of hydrogen-bond acceptors (Lipinski definition) is 5. The van der Waals surface area contributed by atoms with Gasteiger partial charge in [0, 0.05) is 18.2 Å². The van der Waals surface area contributed by atoms with E-state index in [0.29, 0.717) is 22.1 Å². The van der Waals surface area contributed by atoms with Gasteiger partial charge in [0.15, 0.2) is 0 Å². The zero-order valence-electron chi connectivity index (χ0n) is 9.99. The number of rotatable bonds is 1. The van der Waals surface area contributed by atoms with Crippen molar-refractivity contribution < 1.29 is 10.0 Å². The van der Waals surface area contributed by atoms with Crippen LogP contribution >= 0.6 is 0 Å². The lowest BCUT2D eigenvalue weighted by molar-refractivity contribution is -0.384. The highest BCUT2D eigenvalue weighted by Crippen LogP contribution is 2.25. The largest absolute Gasteiger partial charge is 0.508 e. The van der Waals surface area contributed by atoms with E-state index in [1.807, 2.05) is 0 Å². The molecule has 2 aromatic carbocycles. The molecule has 0 aliphatic heterocycles. The summed E-state index contributed by atoms with van der Waals surface area (Å²) in [4.78, 5) is 19.0. The van der Waals surface area contributed by atoms with E-state index in [4.69, 9.17) is 0 Å². The molecule has 3 rings (SSSR count). The molecule has 0 fully saturated rings. The topological polar surface area (TPSA) is 89.2 Å². The number of nitro groups is 1. The van der Waals surface area contributed by atoms with Crippen molar-refractivity contribution in [3.05, 3.63) is 46.0 Å². The smallest absolute Gasteiger partial charge is 0.271 e. The maximum absolute atomic E-state index is 10.7. The molecular weight excluding hydrogens is 246 g/mol. The summed E-state index contributed by atoms with van der Waals surface area (Å²) in [6.07, 6.45) is 0. The minimum Gasteiger partial charge on any atom is -0.508 e. The number of nitrogens with zero attached hydrogens (tertiary/aromatic N) is 3. The maximum atomic E-state index is 10.7. The first-order chi connectivity index (χ1) is 9.04. The molecule has 0 radical (unpaired) electrons. The van der Waals surface area contributed by atoms with Gasteiger partial charge in [-0.05, 0) is 24.6 Å². The average molecular weight is 255 g/mol. The van der Waals surface area contributed by atoms with Gasteiger partial charge in [-0.1, -0.05) is 0 Å².